The van der Waals surface area contributed by atoms with Crippen LogP contribution in [0.1, 0.15) is 26.7 Å². The third-order valence-electron chi connectivity index (χ3n) is 3.14. The summed E-state index contributed by atoms with van der Waals surface area (Å²) in [7, 11) is 1.90. The quantitative estimate of drug-likeness (QED) is 0.778. The van der Waals surface area contributed by atoms with Crippen molar-refractivity contribution in [1.29, 1.82) is 0 Å². The van der Waals surface area contributed by atoms with Crippen LogP contribution in [-0.2, 0) is 4.79 Å². The summed E-state index contributed by atoms with van der Waals surface area (Å²) in [5.41, 5.74) is 6.36. The largest absolute Gasteiger partial charge is 0.397 e. The van der Waals surface area contributed by atoms with Gasteiger partial charge in [-0.2, -0.15) is 0 Å². The standard InChI is InChI=1S/C14H22FN3O/c1-4-5-10(2)18(3)9-14(19)17-13-8-11(15)6-7-12(13)16/h6-8,10H,4-5,9,16H2,1-3H3,(H,17,19). The van der Waals surface area contributed by atoms with E-state index in [-0.39, 0.29) is 12.5 Å². The average molecular weight is 267 g/mol. The first-order chi connectivity index (χ1) is 8.93. The molecule has 5 heteroatoms. The molecule has 1 amide bonds. The topological polar surface area (TPSA) is 58.4 Å². The van der Waals surface area contributed by atoms with Crippen molar-refractivity contribution in [3.05, 3.63) is 24.0 Å². The summed E-state index contributed by atoms with van der Waals surface area (Å²) in [5.74, 6) is -0.611. The number of nitrogens with two attached hydrogens (primary N) is 1. The van der Waals surface area contributed by atoms with Crippen LogP contribution < -0.4 is 11.1 Å². The Bertz CT molecular complexity index is 437. The zero-order valence-corrected chi connectivity index (χ0v) is 11.7. The van der Waals surface area contributed by atoms with E-state index in [9.17, 15) is 9.18 Å². The van der Waals surface area contributed by atoms with Gasteiger partial charge in [0.05, 0.1) is 17.9 Å². The second-order valence-corrected chi connectivity index (χ2v) is 4.83. The molecule has 0 saturated heterocycles. The van der Waals surface area contributed by atoms with E-state index < -0.39 is 5.82 Å². The lowest BCUT2D eigenvalue weighted by Crippen LogP contribution is -2.36. The van der Waals surface area contributed by atoms with Crippen molar-refractivity contribution in [3.63, 3.8) is 0 Å². The van der Waals surface area contributed by atoms with Gasteiger partial charge < -0.3 is 11.1 Å². The van der Waals surface area contributed by atoms with E-state index in [0.717, 1.165) is 12.8 Å². The van der Waals surface area contributed by atoms with Crippen molar-refractivity contribution >= 4 is 17.3 Å². The first-order valence-corrected chi connectivity index (χ1v) is 6.49. The van der Waals surface area contributed by atoms with Gasteiger partial charge in [-0.25, -0.2) is 4.39 Å². The van der Waals surface area contributed by atoms with Crippen LogP contribution in [0.25, 0.3) is 0 Å². The van der Waals surface area contributed by atoms with Crippen molar-refractivity contribution in [2.75, 3.05) is 24.6 Å². The number of nitrogens with one attached hydrogen (secondary N) is 1. The second kappa shape index (κ2) is 7.09. The van der Waals surface area contributed by atoms with Gasteiger partial charge in [0.15, 0.2) is 0 Å². The number of rotatable bonds is 6. The highest BCUT2D eigenvalue weighted by atomic mass is 19.1. The number of hydrogen-bond acceptors (Lipinski definition) is 3. The van der Waals surface area contributed by atoms with Crippen molar-refractivity contribution in [2.45, 2.75) is 32.7 Å². The molecule has 1 aromatic rings. The number of nitrogens with zero attached hydrogens (tertiary/aromatic N) is 1. The molecule has 1 aromatic carbocycles. The Balaban J connectivity index is 2.57. The second-order valence-electron chi connectivity index (χ2n) is 4.83. The maximum Gasteiger partial charge on any atom is 0.238 e. The van der Waals surface area contributed by atoms with Crippen molar-refractivity contribution in [3.8, 4) is 0 Å². The first kappa shape index (κ1) is 15.4. The minimum atomic E-state index is -0.419. The number of likely N-dealkylation sites (N-methyl/N-ethyl adjacent to an activating group) is 1. The number of nitrogen functional groups attached to an aromatic ring is 1. The highest BCUT2D eigenvalue weighted by Gasteiger charge is 2.13. The molecule has 4 nitrogen and oxygen atoms in total. The van der Waals surface area contributed by atoms with E-state index >= 15 is 0 Å². The fraction of sp³-hybridized carbons (Fsp3) is 0.500. The Morgan fingerprint density at radius 2 is 2.21 bits per heavy atom. The molecule has 0 saturated carbocycles. The van der Waals surface area contributed by atoms with Crippen LogP contribution in [0.2, 0.25) is 0 Å². The highest BCUT2D eigenvalue weighted by molar-refractivity contribution is 5.95. The summed E-state index contributed by atoms with van der Waals surface area (Å²) in [6, 6.07) is 4.26. The molecule has 0 radical (unpaired) electrons. The summed E-state index contributed by atoms with van der Waals surface area (Å²) < 4.78 is 13.1. The number of benzene rings is 1. The predicted octanol–water partition coefficient (Wildman–Crippen LogP) is 2.47. The Labute approximate surface area is 113 Å². The summed E-state index contributed by atoms with van der Waals surface area (Å²) in [4.78, 5) is 13.8. The molecule has 0 fully saturated rings. The third kappa shape index (κ3) is 4.87. The Morgan fingerprint density at radius 3 is 2.84 bits per heavy atom. The van der Waals surface area contributed by atoms with Crippen LogP contribution >= 0.6 is 0 Å². The first-order valence-electron chi connectivity index (χ1n) is 6.49. The number of halogens is 1. The molecule has 0 aliphatic heterocycles. The minimum Gasteiger partial charge on any atom is -0.397 e. The Kier molecular flexibility index (Phi) is 5.76. The fourth-order valence-electron chi connectivity index (χ4n) is 1.85. The van der Waals surface area contributed by atoms with Gasteiger partial charge in [0, 0.05) is 6.04 Å². The van der Waals surface area contributed by atoms with Crippen LogP contribution in [0.3, 0.4) is 0 Å². The fourth-order valence-corrected chi connectivity index (χ4v) is 1.85. The maximum atomic E-state index is 13.1. The number of hydrogen-bond donors (Lipinski definition) is 2. The van der Waals surface area contributed by atoms with E-state index in [1.807, 2.05) is 11.9 Å². The molecule has 0 bridgehead atoms. The van der Waals surface area contributed by atoms with Gasteiger partial charge in [0.2, 0.25) is 5.91 Å². The van der Waals surface area contributed by atoms with E-state index in [0.29, 0.717) is 17.4 Å². The van der Waals surface area contributed by atoms with Gasteiger partial charge >= 0.3 is 0 Å². The van der Waals surface area contributed by atoms with Crippen LogP contribution in [0.4, 0.5) is 15.8 Å². The monoisotopic (exact) mass is 267 g/mol. The van der Waals surface area contributed by atoms with Gasteiger partial charge in [0.25, 0.3) is 0 Å². The molecular weight excluding hydrogens is 245 g/mol. The molecule has 0 spiro atoms. The Hall–Kier alpha value is -1.62. The van der Waals surface area contributed by atoms with E-state index in [1.165, 1.54) is 18.2 Å². The Morgan fingerprint density at radius 1 is 1.53 bits per heavy atom. The number of anilines is 2. The van der Waals surface area contributed by atoms with Crippen molar-refractivity contribution in [1.82, 2.24) is 4.90 Å². The smallest absolute Gasteiger partial charge is 0.238 e. The maximum absolute atomic E-state index is 13.1. The van der Waals surface area contributed by atoms with Gasteiger partial charge in [-0.15, -0.1) is 0 Å². The third-order valence-corrected chi connectivity index (χ3v) is 3.14. The molecule has 0 aliphatic rings. The SMILES string of the molecule is CCCC(C)N(C)CC(=O)Nc1cc(F)ccc1N. The molecule has 3 N–H and O–H groups in total. The molecule has 0 heterocycles. The van der Waals surface area contributed by atoms with Gasteiger partial charge in [-0.3, -0.25) is 9.69 Å². The molecule has 1 atom stereocenters. The summed E-state index contributed by atoms with van der Waals surface area (Å²) in [6.07, 6.45) is 2.11. The van der Waals surface area contributed by atoms with Gasteiger partial charge in [0.1, 0.15) is 5.82 Å². The molecule has 19 heavy (non-hydrogen) atoms. The number of amides is 1. The molecule has 0 aliphatic carbocycles. The number of carbonyl (C=O) groups excluding carboxylic acids is 1. The zero-order valence-electron chi connectivity index (χ0n) is 11.7. The summed E-state index contributed by atoms with van der Waals surface area (Å²) in [6.45, 7) is 4.45. The summed E-state index contributed by atoms with van der Waals surface area (Å²) >= 11 is 0. The zero-order chi connectivity index (χ0) is 14.4. The molecule has 1 unspecified atom stereocenters. The molecule has 106 valence electrons. The van der Waals surface area contributed by atoms with Crippen LogP contribution in [0.15, 0.2) is 18.2 Å². The van der Waals surface area contributed by atoms with Crippen LogP contribution in [0, 0.1) is 5.82 Å². The van der Waals surface area contributed by atoms with Crippen LogP contribution in [-0.4, -0.2) is 30.4 Å². The molecule has 1 rings (SSSR count). The molecule has 0 aromatic heterocycles. The highest BCUT2D eigenvalue weighted by Crippen LogP contribution is 2.19. The lowest BCUT2D eigenvalue weighted by atomic mass is 10.2. The normalized spacial score (nSPS) is 12.5. The van der Waals surface area contributed by atoms with Crippen LogP contribution in [0.5, 0.6) is 0 Å². The van der Waals surface area contributed by atoms with E-state index in [1.54, 1.807) is 0 Å². The van der Waals surface area contributed by atoms with Gasteiger partial charge in [-0.05, 0) is 38.6 Å². The van der Waals surface area contributed by atoms with Gasteiger partial charge in [-0.1, -0.05) is 13.3 Å². The summed E-state index contributed by atoms with van der Waals surface area (Å²) in [5, 5.41) is 2.63. The lowest BCUT2D eigenvalue weighted by molar-refractivity contribution is -0.117. The minimum absolute atomic E-state index is 0.192. The lowest BCUT2D eigenvalue weighted by Gasteiger charge is -2.23. The average Bonchev–Trinajstić information content (AvgIpc) is 2.34. The van der Waals surface area contributed by atoms with E-state index in [4.69, 9.17) is 5.73 Å². The van der Waals surface area contributed by atoms with Crippen molar-refractivity contribution < 1.29 is 9.18 Å². The molecular formula is C14H22FN3O. The van der Waals surface area contributed by atoms with Crippen molar-refractivity contribution in [2.24, 2.45) is 0 Å². The predicted molar refractivity (Wildman–Crippen MR) is 76.4 cm³/mol. The van der Waals surface area contributed by atoms with E-state index in [2.05, 4.69) is 19.2 Å². The number of carbonyl (C=O) groups is 1.